The molecule has 1 N–H and O–H groups in total. The molecule has 194 valence electrons. The van der Waals surface area contributed by atoms with Gasteiger partial charge in [-0.15, -0.1) is 10.2 Å². The minimum Gasteiger partial charge on any atom is -0.494 e. The van der Waals surface area contributed by atoms with Crippen LogP contribution in [0.1, 0.15) is 74.1 Å². The fraction of sp³-hybridized carbons (Fsp3) is 0.640. The van der Waals surface area contributed by atoms with E-state index in [9.17, 15) is 9.59 Å². The van der Waals surface area contributed by atoms with Crippen LogP contribution >= 0.6 is 0 Å². The van der Waals surface area contributed by atoms with Gasteiger partial charge in [0.2, 0.25) is 5.82 Å². The number of amides is 1. The van der Waals surface area contributed by atoms with E-state index in [4.69, 9.17) is 14.2 Å². The number of aromatic nitrogens is 4. The van der Waals surface area contributed by atoms with Crippen LogP contribution in [-0.4, -0.2) is 56.1 Å². The van der Waals surface area contributed by atoms with Gasteiger partial charge < -0.3 is 19.5 Å². The Morgan fingerprint density at radius 1 is 1.00 bits per heavy atom. The average Bonchev–Trinajstić information content (AvgIpc) is 3.17. The van der Waals surface area contributed by atoms with Crippen LogP contribution in [0.5, 0.6) is 5.75 Å². The van der Waals surface area contributed by atoms with Crippen LogP contribution < -0.4 is 10.1 Å². The minimum atomic E-state index is -0.675. The van der Waals surface area contributed by atoms with E-state index in [1.54, 1.807) is 41.5 Å². The lowest BCUT2D eigenvalue weighted by atomic mass is 10.1. The van der Waals surface area contributed by atoms with Crippen molar-refractivity contribution in [2.45, 2.75) is 97.9 Å². The van der Waals surface area contributed by atoms with Gasteiger partial charge in [0.25, 0.3) is 0 Å². The van der Waals surface area contributed by atoms with E-state index in [1.807, 2.05) is 24.3 Å². The summed E-state index contributed by atoms with van der Waals surface area (Å²) in [6.45, 7) is 13.6. The molecular weight excluding hydrogens is 450 g/mol. The molecule has 2 rings (SSSR count). The third-order valence-electron chi connectivity index (χ3n) is 4.52. The van der Waals surface area contributed by atoms with Crippen molar-refractivity contribution in [2.75, 3.05) is 6.61 Å². The molecule has 1 heterocycles. The highest BCUT2D eigenvalue weighted by atomic mass is 16.6. The quantitative estimate of drug-likeness (QED) is 0.361. The summed E-state index contributed by atoms with van der Waals surface area (Å²) in [4.78, 5) is 26.1. The molecule has 10 nitrogen and oxygen atoms in total. The second-order valence-electron chi connectivity index (χ2n) is 10.4. The number of hydrogen-bond acceptors (Lipinski definition) is 8. The third kappa shape index (κ3) is 11.2. The molecule has 0 aliphatic carbocycles. The smallest absolute Gasteiger partial charge is 0.407 e. The molecule has 0 saturated carbocycles. The van der Waals surface area contributed by atoms with Gasteiger partial charge in [-0.05, 0) is 77.4 Å². The third-order valence-corrected chi connectivity index (χ3v) is 4.52. The summed E-state index contributed by atoms with van der Waals surface area (Å²) >= 11 is 0. The summed E-state index contributed by atoms with van der Waals surface area (Å²) < 4.78 is 16.5. The summed E-state index contributed by atoms with van der Waals surface area (Å²) in [5.41, 5.74) is -0.538. The van der Waals surface area contributed by atoms with E-state index in [-0.39, 0.29) is 13.0 Å². The Kier molecular flexibility index (Phi) is 10.0. The Hall–Kier alpha value is -3.17. The first kappa shape index (κ1) is 28.1. The number of ether oxygens (including phenoxy) is 3. The lowest BCUT2D eigenvalue weighted by Gasteiger charge is -2.24. The molecule has 0 aliphatic heterocycles. The van der Waals surface area contributed by atoms with Crippen LogP contribution in [0.15, 0.2) is 24.3 Å². The van der Waals surface area contributed by atoms with E-state index in [0.717, 1.165) is 30.6 Å². The van der Waals surface area contributed by atoms with Gasteiger partial charge >= 0.3 is 12.1 Å². The van der Waals surface area contributed by atoms with Crippen LogP contribution in [0.2, 0.25) is 0 Å². The Morgan fingerprint density at radius 2 is 1.66 bits per heavy atom. The zero-order valence-corrected chi connectivity index (χ0v) is 22.0. The highest BCUT2D eigenvalue weighted by Gasteiger charge is 2.25. The maximum absolute atomic E-state index is 12.4. The molecule has 0 saturated heterocycles. The molecule has 1 amide bonds. The largest absolute Gasteiger partial charge is 0.494 e. The molecule has 35 heavy (non-hydrogen) atoms. The maximum Gasteiger partial charge on any atom is 0.407 e. The maximum atomic E-state index is 12.4. The molecule has 1 aromatic heterocycles. The number of unbranched alkanes of at least 4 members (excludes halogenated alkanes) is 2. The van der Waals surface area contributed by atoms with Crippen LogP contribution in [0.25, 0.3) is 11.4 Å². The van der Waals surface area contributed by atoms with Crippen LogP contribution in [0, 0.1) is 0 Å². The normalized spacial score (nSPS) is 12.7. The standard InChI is InChI=1S/C25H39N5O5/c1-8-9-10-15-33-20-13-11-18(12-14-20)22-27-29-30(28-22)17-19(16-21(31)34-24(2,3)4)26-23(32)35-25(5,6)7/h11-14,19H,8-10,15-17H2,1-7H3,(H,26,32)/t19-/m1/s1. The van der Waals surface area contributed by atoms with E-state index in [1.165, 1.54) is 4.80 Å². The van der Waals surface area contributed by atoms with Gasteiger partial charge in [0.1, 0.15) is 17.0 Å². The SMILES string of the molecule is CCCCCOc1ccc(-c2nnn(C[C@@H](CC(=O)OC(C)(C)C)NC(=O)OC(C)(C)C)n2)cc1. The molecular formula is C25H39N5O5. The molecule has 10 heteroatoms. The summed E-state index contributed by atoms with van der Waals surface area (Å²) in [5, 5.41) is 15.3. The number of nitrogens with one attached hydrogen (secondary N) is 1. The van der Waals surface area contributed by atoms with Crippen molar-refractivity contribution < 1.29 is 23.8 Å². The second-order valence-corrected chi connectivity index (χ2v) is 10.4. The molecule has 0 fully saturated rings. The van der Waals surface area contributed by atoms with Gasteiger partial charge in [-0.2, -0.15) is 4.80 Å². The number of carbonyl (C=O) groups is 2. The number of nitrogens with zero attached hydrogens (tertiary/aromatic N) is 4. The Bertz CT molecular complexity index is 914. The topological polar surface area (TPSA) is 117 Å². The highest BCUT2D eigenvalue weighted by Crippen LogP contribution is 2.19. The number of rotatable bonds is 11. The first-order chi connectivity index (χ1) is 16.3. The molecule has 0 spiro atoms. The monoisotopic (exact) mass is 489 g/mol. The molecule has 1 atom stereocenters. The number of tetrazole rings is 1. The Labute approximate surface area is 207 Å². The predicted octanol–water partition coefficient (Wildman–Crippen LogP) is 4.53. The van der Waals surface area contributed by atoms with Gasteiger partial charge in [-0.1, -0.05) is 19.8 Å². The summed E-state index contributed by atoms with van der Waals surface area (Å²) in [5.74, 6) is 0.764. The molecule has 1 aromatic carbocycles. The van der Waals surface area contributed by atoms with Crippen molar-refractivity contribution in [3.63, 3.8) is 0 Å². The molecule has 0 aliphatic rings. The summed E-state index contributed by atoms with van der Waals surface area (Å²) in [6.07, 6.45) is 2.60. The minimum absolute atomic E-state index is 0.0720. The number of benzene rings is 1. The number of esters is 1. The first-order valence-electron chi connectivity index (χ1n) is 12.1. The highest BCUT2D eigenvalue weighted by molar-refractivity contribution is 5.73. The van der Waals surface area contributed by atoms with Crippen molar-refractivity contribution in [3.05, 3.63) is 24.3 Å². The lowest BCUT2D eigenvalue weighted by molar-refractivity contribution is -0.155. The van der Waals surface area contributed by atoms with Gasteiger partial charge in [0.05, 0.1) is 25.6 Å². The van der Waals surface area contributed by atoms with Crippen molar-refractivity contribution in [1.29, 1.82) is 0 Å². The van der Waals surface area contributed by atoms with E-state index < -0.39 is 29.3 Å². The zero-order chi connectivity index (χ0) is 26.1. The van der Waals surface area contributed by atoms with E-state index in [2.05, 4.69) is 27.7 Å². The molecule has 0 radical (unpaired) electrons. The fourth-order valence-electron chi connectivity index (χ4n) is 3.10. The molecule has 0 bridgehead atoms. The van der Waals surface area contributed by atoms with Gasteiger partial charge in [0, 0.05) is 5.56 Å². The van der Waals surface area contributed by atoms with E-state index >= 15 is 0 Å². The van der Waals surface area contributed by atoms with Crippen molar-refractivity contribution in [2.24, 2.45) is 0 Å². The average molecular weight is 490 g/mol. The van der Waals surface area contributed by atoms with Crippen LogP contribution in [0.4, 0.5) is 4.79 Å². The van der Waals surface area contributed by atoms with Gasteiger partial charge in [-0.3, -0.25) is 4.79 Å². The number of carbonyl (C=O) groups excluding carboxylic acids is 2. The predicted molar refractivity (Wildman–Crippen MR) is 132 cm³/mol. The van der Waals surface area contributed by atoms with Crippen molar-refractivity contribution >= 4 is 12.1 Å². The van der Waals surface area contributed by atoms with Crippen molar-refractivity contribution in [1.82, 2.24) is 25.5 Å². The summed E-state index contributed by atoms with van der Waals surface area (Å²) in [6, 6.07) is 6.83. The zero-order valence-electron chi connectivity index (χ0n) is 22.0. The van der Waals surface area contributed by atoms with E-state index in [0.29, 0.717) is 12.4 Å². The molecule has 0 unspecified atom stereocenters. The number of alkyl carbamates (subject to hydrolysis) is 1. The second kappa shape index (κ2) is 12.5. The Balaban J connectivity index is 2.06. The Morgan fingerprint density at radius 3 is 2.26 bits per heavy atom. The van der Waals surface area contributed by atoms with Crippen molar-refractivity contribution in [3.8, 4) is 17.1 Å². The lowest BCUT2D eigenvalue weighted by Crippen LogP contribution is -2.43. The van der Waals surface area contributed by atoms with Crippen LogP contribution in [-0.2, 0) is 20.8 Å². The summed E-state index contributed by atoms with van der Waals surface area (Å²) in [7, 11) is 0. The first-order valence-corrected chi connectivity index (χ1v) is 12.1. The number of hydrogen-bond donors (Lipinski definition) is 1. The van der Waals surface area contributed by atoms with Gasteiger partial charge in [0.15, 0.2) is 0 Å². The fourth-order valence-corrected chi connectivity index (χ4v) is 3.10. The van der Waals surface area contributed by atoms with Gasteiger partial charge in [-0.25, -0.2) is 4.79 Å². The molecule has 2 aromatic rings. The van der Waals surface area contributed by atoms with Crippen LogP contribution in [0.3, 0.4) is 0 Å².